The molecule has 0 radical (unpaired) electrons. The molecule has 8 heteroatoms. The van der Waals surface area contributed by atoms with Crippen molar-refractivity contribution in [1.29, 1.82) is 0 Å². The number of benzene rings is 2. The van der Waals surface area contributed by atoms with Crippen molar-refractivity contribution in [3.05, 3.63) is 70.5 Å². The molecule has 2 heterocycles. The van der Waals surface area contributed by atoms with Crippen LogP contribution in [-0.2, 0) is 13.2 Å². The largest absolute Gasteiger partial charge is 0.496 e. The second-order valence-electron chi connectivity index (χ2n) is 6.37. The van der Waals surface area contributed by atoms with Crippen molar-refractivity contribution >= 4 is 28.0 Å². The van der Waals surface area contributed by atoms with Gasteiger partial charge in [0.2, 0.25) is 0 Å². The summed E-state index contributed by atoms with van der Waals surface area (Å²) in [6.45, 7) is 0.583. The summed E-state index contributed by atoms with van der Waals surface area (Å²) < 4.78 is 16.6. The van der Waals surface area contributed by atoms with Crippen LogP contribution in [0.25, 0.3) is 10.8 Å². The van der Waals surface area contributed by atoms with Gasteiger partial charge >= 0.3 is 0 Å². The van der Waals surface area contributed by atoms with Crippen molar-refractivity contribution in [2.24, 2.45) is 0 Å². The molecule has 4 rings (SSSR count). The molecule has 4 aromatic rings. The van der Waals surface area contributed by atoms with Gasteiger partial charge < -0.3 is 18.9 Å². The molecule has 0 saturated heterocycles. The van der Waals surface area contributed by atoms with Crippen LogP contribution >= 0.6 is 11.3 Å². The Morgan fingerprint density at radius 2 is 1.93 bits per heavy atom. The van der Waals surface area contributed by atoms with Gasteiger partial charge in [0, 0.05) is 35.5 Å². The molecular weight excluding hydrogens is 390 g/mol. The molecule has 0 aliphatic carbocycles. The minimum absolute atomic E-state index is 0.160. The van der Waals surface area contributed by atoms with Crippen molar-refractivity contribution in [3.63, 3.8) is 0 Å². The summed E-state index contributed by atoms with van der Waals surface area (Å²) >= 11 is 1.50. The summed E-state index contributed by atoms with van der Waals surface area (Å²) in [5.74, 6) is 1.72. The Balaban J connectivity index is 1.45. The summed E-state index contributed by atoms with van der Waals surface area (Å²) in [7, 11) is 3.35. The molecule has 29 heavy (non-hydrogen) atoms. The van der Waals surface area contributed by atoms with Crippen molar-refractivity contribution in [1.82, 2.24) is 15.0 Å². The third kappa shape index (κ3) is 4.07. The zero-order valence-corrected chi connectivity index (χ0v) is 16.8. The van der Waals surface area contributed by atoms with Crippen LogP contribution in [0.5, 0.6) is 11.5 Å². The van der Waals surface area contributed by atoms with Gasteiger partial charge in [-0.1, -0.05) is 29.4 Å². The predicted molar refractivity (Wildman–Crippen MR) is 109 cm³/mol. The van der Waals surface area contributed by atoms with E-state index >= 15 is 0 Å². The molecule has 0 fully saturated rings. The summed E-state index contributed by atoms with van der Waals surface area (Å²) in [6, 6.07) is 13.2. The van der Waals surface area contributed by atoms with E-state index in [0.29, 0.717) is 18.1 Å². The lowest BCUT2D eigenvalue weighted by Gasteiger charge is -2.13. The van der Waals surface area contributed by atoms with E-state index in [4.69, 9.17) is 14.0 Å². The number of carbonyl (C=O) groups is 1. The van der Waals surface area contributed by atoms with E-state index in [2.05, 4.69) is 10.1 Å². The normalized spacial score (nSPS) is 10.8. The van der Waals surface area contributed by atoms with E-state index in [1.165, 1.54) is 11.3 Å². The Kier molecular flexibility index (Phi) is 5.44. The molecule has 0 aliphatic rings. The molecule has 1 amide bonds. The summed E-state index contributed by atoms with van der Waals surface area (Å²) in [4.78, 5) is 18.3. The molecule has 0 bridgehead atoms. The molecule has 0 spiro atoms. The van der Waals surface area contributed by atoms with Crippen LogP contribution in [0.1, 0.15) is 21.3 Å². The standard InChI is InChI=1S/C21H19N3O4S/c1-24(12-20-22-9-10-29-20)21(25)17-11-14(28-23-17)13-27-19-8-7-18(26-2)15-5-3-4-6-16(15)19/h3-11H,12-13H2,1-2H3. The average Bonchev–Trinajstić information content (AvgIpc) is 3.43. The number of amides is 1. The Morgan fingerprint density at radius 1 is 1.17 bits per heavy atom. The van der Waals surface area contributed by atoms with Gasteiger partial charge in [0.05, 0.1) is 13.7 Å². The molecule has 0 unspecified atom stereocenters. The predicted octanol–water partition coefficient (Wildman–Crippen LogP) is 4.14. The topological polar surface area (TPSA) is 77.7 Å². The number of methoxy groups -OCH3 is 1. The number of thiazole rings is 1. The van der Waals surface area contributed by atoms with Gasteiger partial charge in [-0.25, -0.2) is 4.98 Å². The molecule has 0 N–H and O–H groups in total. The first-order chi connectivity index (χ1) is 14.2. The quantitative estimate of drug-likeness (QED) is 0.456. The van der Waals surface area contributed by atoms with Gasteiger partial charge in [0.1, 0.15) is 23.1 Å². The maximum absolute atomic E-state index is 12.5. The first-order valence-electron chi connectivity index (χ1n) is 8.93. The van der Waals surface area contributed by atoms with Crippen molar-refractivity contribution in [2.45, 2.75) is 13.2 Å². The second kappa shape index (κ2) is 8.32. The first-order valence-corrected chi connectivity index (χ1v) is 9.81. The highest BCUT2D eigenvalue weighted by molar-refractivity contribution is 7.09. The Hall–Kier alpha value is -3.39. The van der Waals surface area contributed by atoms with E-state index in [0.717, 1.165) is 21.5 Å². The number of nitrogens with zero attached hydrogens (tertiary/aromatic N) is 3. The van der Waals surface area contributed by atoms with E-state index in [-0.39, 0.29) is 18.2 Å². The highest BCUT2D eigenvalue weighted by Crippen LogP contribution is 2.33. The number of fused-ring (bicyclic) bond motifs is 1. The van der Waals surface area contributed by atoms with Crippen LogP contribution < -0.4 is 9.47 Å². The van der Waals surface area contributed by atoms with Gasteiger partial charge in [-0.2, -0.15) is 0 Å². The Labute approximate surface area is 171 Å². The Morgan fingerprint density at radius 3 is 2.66 bits per heavy atom. The highest BCUT2D eigenvalue weighted by Gasteiger charge is 2.18. The number of hydrogen-bond acceptors (Lipinski definition) is 7. The lowest BCUT2D eigenvalue weighted by atomic mass is 10.1. The SMILES string of the molecule is COc1ccc(OCc2cc(C(=O)N(C)Cc3nccs3)no2)c2ccccc12. The van der Waals surface area contributed by atoms with E-state index < -0.39 is 0 Å². The van der Waals surface area contributed by atoms with E-state index in [1.807, 2.05) is 41.8 Å². The maximum Gasteiger partial charge on any atom is 0.276 e. The van der Waals surface area contributed by atoms with Crippen LogP contribution in [0.15, 0.2) is 58.6 Å². The molecule has 7 nitrogen and oxygen atoms in total. The monoisotopic (exact) mass is 409 g/mol. The highest BCUT2D eigenvalue weighted by atomic mass is 32.1. The minimum atomic E-state index is -0.231. The molecule has 2 aromatic heterocycles. The van der Waals surface area contributed by atoms with E-state index in [1.54, 1.807) is 31.3 Å². The summed E-state index contributed by atoms with van der Waals surface area (Å²) in [5, 5.41) is 8.52. The number of ether oxygens (including phenoxy) is 2. The van der Waals surface area contributed by atoms with Crippen LogP contribution in [0.4, 0.5) is 0 Å². The zero-order valence-electron chi connectivity index (χ0n) is 16.0. The third-order valence-corrected chi connectivity index (χ3v) is 5.18. The first kappa shape index (κ1) is 18.9. The van der Waals surface area contributed by atoms with Gasteiger partial charge in [-0.15, -0.1) is 11.3 Å². The van der Waals surface area contributed by atoms with Crippen LogP contribution in [0, 0.1) is 0 Å². The molecule has 0 aliphatic heterocycles. The van der Waals surface area contributed by atoms with Gasteiger partial charge in [0.25, 0.3) is 5.91 Å². The van der Waals surface area contributed by atoms with Crippen LogP contribution in [0.3, 0.4) is 0 Å². The number of aromatic nitrogens is 2. The fraction of sp³-hybridized carbons (Fsp3) is 0.190. The molecule has 0 atom stereocenters. The van der Waals surface area contributed by atoms with Crippen molar-refractivity contribution < 1.29 is 18.8 Å². The van der Waals surface area contributed by atoms with Crippen molar-refractivity contribution in [3.8, 4) is 11.5 Å². The number of carbonyl (C=O) groups excluding carboxylic acids is 1. The maximum atomic E-state index is 12.5. The molecule has 148 valence electrons. The number of rotatable bonds is 7. The lowest BCUT2D eigenvalue weighted by Crippen LogP contribution is -2.26. The fourth-order valence-electron chi connectivity index (χ4n) is 2.98. The Bertz CT molecular complexity index is 1120. The number of hydrogen-bond donors (Lipinski definition) is 0. The van der Waals surface area contributed by atoms with Crippen molar-refractivity contribution in [2.75, 3.05) is 14.2 Å². The average molecular weight is 409 g/mol. The van der Waals surface area contributed by atoms with Gasteiger partial charge in [0.15, 0.2) is 11.5 Å². The molecular formula is C21H19N3O4S. The van der Waals surface area contributed by atoms with Crippen LogP contribution in [0.2, 0.25) is 0 Å². The second-order valence-corrected chi connectivity index (χ2v) is 7.34. The smallest absolute Gasteiger partial charge is 0.276 e. The van der Waals surface area contributed by atoms with Gasteiger partial charge in [-0.3, -0.25) is 4.79 Å². The zero-order chi connectivity index (χ0) is 20.2. The minimum Gasteiger partial charge on any atom is -0.496 e. The fourth-order valence-corrected chi connectivity index (χ4v) is 3.65. The lowest BCUT2D eigenvalue weighted by molar-refractivity contribution is 0.0774. The third-order valence-electron chi connectivity index (χ3n) is 4.41. The van der Waals surface area contributed by atoms with Crippen LogP contribution in [-0.4, -0.2) is 35.1 Å². The molecule has 2 aromatic carbocycles. The summed E-state index contributed by atoms with van der Waals surface area (Å²) in [6.07, 6.45) is 1.72. The summed E-state index contributed by atoms with van der Waals surface area (Å²) in [5.41, 5.74) is 0.238. The molecule has 0 saturated carbocycles. The van der Waals surface area contributed by atoms with Gasteiger partial charge in [-0.05, 0) is 12.1 Å². The van der Waals surface area contributed by atoms with E-state index in [9.17, 15) is 4.79 Å².